The fraction of sp³-hybridized carbons (Fsp3) is 0.250. The van der Waals surface area contributed by atoms with Crippen LogP contribution in [0.3, 0.4) is 0 Å². The third-order valence-corrected chi connectivity index (χ3v) is 2.75. The number of carboxylic acids is 1. The van der Waals surface area contributed by atoms with Crippen LogP contribution in [0.15, 0.2) is 18.2 Å². The van der Waals surface area contributed by atoms with E-state index in [1.807, 2.05) is 0 Å². The molecule has 1 N–H and O–H groups in total. The van der Waals surface area contributed by atoms with Gasteiger partial charge >= 0.3 is 5.97 Å². The molecule has 1 fully saturated rings. The predicted molar refractivity (Wildman–Crippen MR) is 60.0 cm³/mol. The molecule has 1 saturated heterocycles. The molecule has 1 amide bonds. The standard InChI is InChI=1S/C12H10FNO4/c13-9-2-1-7(12(17)18)5-10(9)14-4-3-8(15)6-11(14)16/h1-2,5H,3-4,6H2,(H,17,18). The number of hydrogen-bond donors (Lipinski definition) is 1. The number of amides is 1. The van der Waals surface area contributed by atoms with Gasteiger partial charge in [0.15, 0.2) is 0 Å². The number of aromatic carboxylic acids is 1. The molecule has 0 aromatic heterocycles. The molecule has 0 radical (unpaired) electrons. The zero-order valence-electron chi connectivity index (χ0n) is 9.35. The van der Waals surface area contributed by atoms with E-state index in [9.17, 15) is 18.8 Å². The molecule has 1 heterocycles. The topological polar surface area (TPSA) is 74.7 Å². The van der Waals surface area contributed by atoms with Crippen LogP contribution in [0.4, 0.5) is 10.1 Å². The summed E-state index contributed by atoms with van der Waals surface area (Å²) in [6.45, 7) is 0.0810. The number of Topliss-reactive ketones (excluding diaryl/α,β-unsaturated/α-hetero) is 1. The first kappa shape index (κ1) is 12.2. The van der Waals surface area contributed by atoms with E-state index in [-0.39, 0.29) is 36.4 Å². The number of carbonyl (C=O) groups excluding carboxylic acids is 2. The average molecular weight is 251 g/mol. The fourth-order valence-corrected chi connectivity index (χ4v) is 1.82. The number of carbonyl (C=O) groups is 3. The second-order valence-corrected chi connectivity index (χ2v) is 3.98. The number of piperidine rings is 1. The van der Waals surface area contributed by atoms with Crippen LogP contribution in [-0.4, -0.2) is 29.3 Å². The van der Waals surface area contributed by atoms with Crippen LogP contribution < -0.4 is 4.90 Å². The van der Waals surface area contributed by atoms with Gasteiger partial charge in [-0.2, -0.15) is 0 Å². The van der Waals surface area contributed by atoms with Gasteiger partial charge in [-0.3, -0.25) is 9.59 Å². The molecule has 0 bridgehead atoms. The molecule has 5 nitrogen and oxygen atoms in total. The molecule has 0 atom stereocenters. The molecule has 18 heavy (non-hydrogen) atoms. The number of nitrogens with zero attached hydrogens (tertiary/aromatic N) is 1. The van der Waals surface area contributed by atoms with E-state index in [0.29, 0.717) is 0 Å². The number of hydrogen-bond acceptors (Lipinski definition) is 3. The minimum absolute atomic E-state index is 0.0810. The lowest BCUT2D eigenvalue weighted by molar-refractivity contribution is -0.128. The SMILES string of the molecule is O=C1CCN(c2cc(C(=O)O)ccc2F)C(=O)C1. The van der Waals surface area contributed by atoms with Gasteiger partial charge in [-0.15, -0.1) is 0 Å². The molecular weight excluding hydrogens is 241 g/mol. The molecule has 0 aliphatic carbocycles. The Balaban J connectivity index is 2.38. The smallest absolute Gasteiger partial charge is 0.335 e. The highest BCUT2D eigenvalue weighted by molar-refractivity contribution is 6.08. The molecular formula is C12H10FNO4. The monoisotopic (exact) mass is 251 g/mol. The molecule has 0 spiro atoms. The maximum Gasteiger partial charge on any atom is 0.335 e. The Morgan fingerprint density at radius 1 is 1.33 bits per heavy atom. The molecule has 1 aromatic carbocycles. The van der Waals surface area contributed by atoms with Crippen molar-refractivity contribution in [1.29, 1.82) is 0 Å². The number of anilines is 1. The first-order chi connectivity index (χ1) is 8.49. The molecule has 2 rings (SSSR count). The van der Waals surface area contributed by atoms with Crippen molar-refractivity contribution in [2.45, 2.75) is 12.8 Å². The molecule has 0 unspecified atom stereocenters. The molecule has 1 aliphatic rings. The molecule has 1 aliphatic heterocycles. The first-order valence-electron chi connectivity index (χ1n) is 5.34. The summed E-state index contributed by atoms with van der Waals surface area (Å²) in [5, 5.41) is 8.83. The summed E-state index contributed by atoms with van der Waals surface area (Å²) in [7, 11) is 0. The lowest BCUT2D eigenvalue weighted by Gasteiger charge is -2.26. The summed E-state index contributed by atoms with van der Waals surface area (Å²) >= 11 is 0. The third-order valence-electron chi connectivity index (χ3n) is 2.75. The van der Waals surface area contributed by atoms with Gasteiger partial charge in [-0.25, -0.2) is 9.18 Å². The van der Waals surface area contributed by atoms with Crippen LogP contribution in [-0.2, 0) is 9.59 Å². The molecule has 6 heteroatoms. The van der Waals surface area contributed by atoms with E-state index in [1.54, 1.807) is 0 Å². The van der Waals surface area contributed by atoms with Gasteiger partial charge < -0.3 is 10.0 Å². The quantitative estimate of drug-likeness (QED) is 0.802. The lowest BCUT2D eigenvalue weighted by atomic mass is 10.1. The maximum atomic E-state index is 13.6. The van der Waals surface area contributed by atoms with Gasteiger partial charge in [0.2, 0.25) is 5.91 Å². The largest absolute Gasteiger partial charge is 0.478 e. The zero-order chi connectivity index (χ0) is 13.3. The van der Waals surface area contributed by atoms with Crippen molar-refractivity contribution in [2.24, 2.45) is 0 Å². The Labute approximate surface area is 102 Å². The van der Waals surface area contributed by atoms with Crippen molar-refractivity contribution in [3.05, 3.63) is 29.6 Å². The summed E-state index contributed by atoms with van der Waals surface area (Å²) in [5.41, 5.74) is -0.191. The van der Waals surface area contributed by atoms with E-state index in [1.165, 1.54) is 0 Å². The van der Waals surface area contributed by atoms with Crippen LogP contribution in [0, 0.1) is 5.82 Å². The Morgan fingerprint density at radius 3 is 2.67 bits per heavy atom. The summed E-state index contributed by atoms with van der Waals surface area (Å²) in [5.74, 6) is -2.57. The van der Waals surface area contributed by atoms with Crippen LogP contribution in [0.2, 0.25) is 0 Å². The minimum Gasteiger partial charge on any atom is -0.478 e. The van der Waals surface area contributed by atoms with E-state index < -0.39 is 17.7 Å². The van der Waals surface area contributed by atoms with Gasteiger partial charge in [0.25, 0.3) is 0 Å². The summed E-state index contributed by atoms with van der Waals surface area (Å²) in [4.78, 5) is 34.6. The van der Waals surface area contributed by atoms with E-state index in [2.05, 4.69) is 0 Å². The van der Waals surface area contributed by atoms with Crippen molar-refractivity contribution in [2.75, 3.05) is 11.4 Å². The van der Waals surface area contributed by atoms with E-state index in [4.69, 9.17) is 5.11 Å². The van der Waals surface area contributed by atoms with Crippen molar-refractivity contribution >= 4 is 23.3 Å². The summed E-state index contributed by atoms with van der Waals surface area (Å²) < 4.78 is 13.6. The number of halogens is 1. The fourth-order valence-electron chi connectivity index (χ4n) is 1.82. The average Bonchev–Trinajstić information content (AvgIpc) is 2.30. The summed E-state index contributed by atoms with van der Waals surface area (Å²) in [6.07, 6.45) is -0.112. The highest BCUT2D eigenvalue weighted by atomic mass is 19.1. The lowest BCUT2D eigenvalue weighted by Crippen LogP contribution is -2.39. The molecule has 1 aromatic rings. The van der Waals surface area contributed by atoms with Crippen LogP contribution in [0.5, 0.6) is 0 Å². The molecule has 0 saturated carbocycles. The highest BCUT2D eigenvalue weighted by Gasteiger charge is 2.27. The van der Waals surface area contributed by atoms with Crippen molar-refractivity contribution in [3.8, 4) is 0 Å². The van der Waals surface area contributed by atoms with Gasteiger partial charge in [0, 0.05) is 13.0 Å². The Hall–Kier alpha value is -2.24. The number of ketones is 1. The zero-order valence-corrected chi connectivity index (χ0v) is 9.35. The van der Waals surface area contributed by atoms with E-state index in [0.717, 1.165) is 23.1 Å². The van der Waals surface area contributed by atoms with E-state index >= 15 is 0 Å². The molecule has 94 valence electrons. The van der Waals surface area contributed by atoms with Crippen LogP contribution in [0.25, 0.3) is 0 Å². The van der Waals surface area contributed by atoms with Crippen molar-refractivity contribution in [3.63, 3.8) is 0 Å². The minimum atomic E-state index is -1.20. The second-order valence-electron chi connectivity index (χ2n) is 3.98. The third kappa shape index (κ3) is 2.22. The Bertz CT molecular complexity index is 541. The second kappa shape index (κ2) is 4.56. The van der Waals surface area contributed by atoms with Crippen molar-refractivity contribution < 1.29 is 23.9 Å². The van der Waals surface area contributed by atoms with Gasteiger partial charge in [0.1, 0.15) is 11.6 Å². The Kier molecular flexibility index (Phi) is 3.10. The number of rotatable bonds is 2. The van der Waals surface area contributed by atoms with Crippen molar-refractivity contribution in [1.82, 2.24) is 0 Å². The highest BCUT2D eigenvalue weighted by Crippen LogP contribution is 2.24. The Morgan fingerprint density at radius 2 is 2.06 bits per heavy atom. The number of carboxylic acid groups (broad SMARTS) is 1. The van der Waals surface area contributed by atoms with Crippen LogP contribution in [0.1, 0.15) is 23.2 Å². The summed E-state index contributed by atoms with van der Waals surface area (Å²) in [6, 6.07) is 3.23. The predicted octanol–water partition coefficient (Wildman–Crippen LogP) is 1.22. The van der Waals surface area contributed by atoms with Crippen LogP contribution >= 0.6 is 0 Å². The van der Waals surface area contributed by atoms with Gasteiger partial charge in [0.05, 0.1) is 17.7 Å². The van der Waals surface area contributed by atoms with Gasteiger partial charge in [-0.05, 0) is 18.2 Å². The number of benzene rings is 1. The van der Waals surface area contributed by atoms with Gasteiger partial charge in [-0.1, -0.05) is 0 Å². The first-order valence-corrected chi connectivity index (χ1v) is 5.34. The maximum absolute atomic E-state index is 13.6. The normalized spacial score (nSPS) is 15.9.